The fourth-order valence-electron chi connectivity index (χ4n) is 2.61. The van der Waals surface area contributed by atoms with Gasteiger partial charge < -0.3 is 10.0 Å². The van der Waals surface area contributed by atoms with Gasteiger partial charge in [-0.3, -0.25) is 9.69 Å². The van der Waals surface area contributed by atoms with Gasteiger partial charge in [-0.2, -0.15) is 0 Å². The maximum absolute atomic E-state index is 12.5. The first-order chi connectivity index (χ1) is 9.17. The lowest BCUT2D eigenvalue weighted by molar-refractivity contribution is -0.137. The SMILES string of the molecule is CCN(CCO)C(C)C(=O)N1CCc2sccc2C1. The van der Waals surface area contributed by atoms with Crippen LogP contribution in [0.1, 0.15) is 24.3 Å². The van der Waals surface area contributed by atoms with Gasteiger partial charge in [0.2, 0.25) is 5.91 Å². The number of hydrogen-bond acceptors (Lipinski definition) is 4. The maximum atomic E-state index is 12.5. The first kappa shape index (κ1) is 14.5. The molecule has 1 atom stereocenters. The van der Waals surface area contributed by atoms with Crippen molar-refractivity contribution >= 4 is 17.2 Å². The van der Waals surface area contributed by atoms with Crippen molar-refractivity contribution in [3.63, 3.8) is 0 Å². The van der Waals surface area contributed by atoms with Gasteiger partial charge in [0, 0.05) is 24.5 Å². The van der Waals surface area contributed by atoms with Gasteiger partial charge in [-0.15, -0.1) is 11.3 Å². The Morgan fingerprint density at radius 3 is 3.11 bits per heavy atom. The number of nitrogens with zero attached hydrogens (tertiary/aromatic N) is 2. The van der Waals surface area contributed by atoms with Crippen molar-refractivity contribution in [3.05, 3.63) is 21.9 Å². The monoisotopic (exact) mass is 282 g/mol. The topological polar surface area (TPSA) is 43.8 Å². The second-order valence-corrected chi connectivity index (χ2v) is 5.91. The van der Waals surface area contributed by atoms with Crippen LogP contribution >= 0.6 is 11.3 Å². The molecule has 0 spiro atoms. The van der Waals surface area contributed by atoms with Gasteiger partial charge in [-0.05, 0) is 36.9 Å². The van der Waals surface area contributed by atoms with Crippen LogP contribution in [0, 0.1) is 0 Å². The van der Waals surface area contributed by atoms with Gasteiger partial charge in [0.15, 0.2) is 0 Å². The van der Waals surface area contributed by atoms with E-state index in [2.05, 4.69) is 11.4 Å². The summed E-state index contributed by atoms with van der Waals surface area (Å²) in [5.74, 6) is 0.173. The molecule has 0 bridgehead atoms. The third kappa shape index (κ3) is 3.16. The molecule has 2 heterocycles. The Bertz CT molecular complexity index is 433. The molecule has 1 aliphatic rings. The van der Waals surface area contributed by atoms with E-state index < -0.39 is 0 Å². The minimum absolute atomic E-state index is 0.0974. The van der Waals surface area contributed by atoms with E-state index in [1.807, 2.05) is 23.6 Å². The molecule has 106 valence electrons. The Labute approximate surface area is 118 Å². The van der Waals surface area contributed by atoms with Gasteiger partial charge in [-0.1, -0.05) is 6.92 Å². The van der Waals surface area contributed by atoms with Crippen molar-refractivity contribution in [3.8, 4) is 0 Å². The van der Waals surface area contributed by atoms with E-state index in [0.29, 0.717) is 6.54 Å². The Hall–Kier alpha value is -0.910. The number of rotatable bonds is 5. The molecular weight excluding hydrogens is 260 g/mol. The molecule has 4 nitrogen and oxygen atoms in total. The Kier molecular flexibility index (Phi) is 4.96. The second-order valence-electron chi connectivity index (χ2n) is 4.91. The molecule has 0 radical (unpaired) electrons. The Morgan fingerprint density at radius 1 is 1.63 bits per heavy atom. The summed E-state index contributed by atoms with van der Waals surface area (Å²) in [6.07, 6.45) is 0.970. The largest absolute Gasteiger partial charge is 0.395 e. The molecule has 1 aliphatic heterocycles. The number of aliphatic hydroxyl groups excluding tert-OH is 1. The Balaban J connectivity index is 2.00. The summed E-state index contributed by atoms with van der Waals surface area (Å²) in [7, 11) is 0. The molecule has 1 N–H and O–H groups in total. The maximum Gasteiger partial charge on any atom is 0.239 e. The molecule has 1 aromatic rings. The molecule has 1 aromatic heterocycles. The number of fused-ring (bicyclic) bond motifs is 1. The van der Waals surface area contributed by atoms with E-state index in [9.17, 15) is 4.79 Å². The summed E-state index contributed by atoms with van der Waals surface area (Å²) >= 11 is 1.79. The van der Waals surface area contributed by atoms with Gasteiger partial charge in [-0.25, -0.2) is 0 Å². The van der Waals surface area contributed by atoms with Crippen molar-refractivity contribution in [2.24, 2.45) is 0 Å². The molecule has 5 heteroatoms. The van der Waals surface area contributed by atoms with Crippen molar-refractivity contribution in [2.75, 3.05) is 26.2 Å². The molecule has 0 fully saturated rings. The molecule has 0 aliphatic carbocycles. The summed E-state index contributed by atoms with van der Waals surface area (Å²) in [6, 6.07) is 1.97. The zero-order valence-electron chi connectivity index (χ0n) is 11.6. The number of likely N-dealkylation sites (N-methyl/N-ethyl adjacent to an activating group) is 1. The first-order valence-electron chi connectivity index (χ1n) is 6.86. The highest BCUT2D eigenvalue weighted by molar-refractivity contribution is 7.10. The molecule has 2 rings (SSSR count). The molecule has 19 heavy (non-hydrogen) atoms. The lowest BCUT2D eigenvalue weighted by atomic mass is 10.1. The predicted octanol–water partition coefficient (Wildman–Crippen LogP) is 1.34. The second kappa shape index (κ2) is 6.50. The van der Waals surface area contributed by atoms with Crippen LogP contribution in [-0.2, 0) is 17.8 Å². The summed E-state index contributed by atoms with van der Waals surface area (Å²) in [6.45, 7) is 6.94. The van der Waals surface area contributed by atoms with Gasteiger partial charge in [0.25, 0.3) is 0 Å². The average Bonchev–Trinajstić information content (AvgIpc) is 2.90. The van der Waals surface area contributed by atoms with E-state index >= 15 is 0 Å². The van der Waals surface area contributed by atoms with Crippen LogP contribution in [0.2, 0.25) is 0 Å². The van der Waals surface area contributed by atoms with Crippen LogP contribution in [0.25, 0.3) is 0 Å². The summed E-state index contributed by atoms with van der Waals surface area (Å²) in [5.41, 5.74) is 1.29. The quantitative estimate of drug-likeness (QED) is 0.886. The third-order valence-corrected chi connectivity index (χ3v) is 4.84. The summed E-state index contributed by atoms with van der Waals surface area (Å²) in [4.78, 5) is 17.9. The summed E-state index contributed by atoms with van der Waals surface area (Å²) < 4.78 is 0. The highest BCUT2D eigenvalue weighted by Crippen LogP contribution is 2.24. The van der Waals surface area contributed by atoms with Gasteiger partial charge >= 0.3 is 0 Å². The highest BCUT2D eigenvalue weighted by Gasteiger charge is 2.27. The number of aliphatic hydroxyl groups is 1. The minimum atomic E-state index is -0.155. The molecule has 0 saturated carbocycles. The number of carbonyl (C=O) groups excluding carboxylic acids is 1. The van der Waals surface area contributed by atoms with Crippen LogP contribution in [0.3, 0.4) is 0 Å². The third-order valence-electron chi connectivity index (χ3n) is 3.82. The van der Waals surface area contributed by atoms with Crippen molar-refractivity contribution in [1.82, 2.24) is 9.80 Å². The van der Waals surface area contributed by atoms with Crippen molar-refractivity contribution < 1.29 is 9.90 Å². The molecule has 1 amide bonds. The van der Waals surface area contributed by atoms with Gasteiger partial charge in [0.1, 0.15) is 0 Å². The van der Waals surface area contributed by atoms with E-state index in [0.717, 1.165) is 26.1 Å². The van der Waals surface area contributed by atoms with Crippen molar-refractivity contribution in [1.29, 1.82) is 0 Å². The molecular formula is C14H22N2O2S. The smallest absolute Gasteiger partial charge is 0.239 e. The van der Waals surface area contributed by atoms with Gasteiger partial charge in [0.05, 0.1) is 12.6 Å². The number of thiophene rings is 1. The van der Waals surface area contributed by atoms with E-state index in [1.54, 1.807) is 11.3 Å². The molecule has 0 saturated heterocycles. The minimum Gasteiger partial charge on any atom is -0.395 e. The van der Waals surface area contributed by atoms with Crippen LogP contribution in [0.15, 0.2) is 11.4 Å². The van der Waals surface area contributed by atoms with E-state index in [-0.39, 0.29) is 18.6 Å². The van der Waals surface area contributed by atoms with E-state index in [4.69, 9.17) is 5.11 Å². The fraction of sp³-hybridized carbons (Fsp3) is 0.643. The standard InChI is InChI=1S/C14H22N2O2S/c1-3-15(7-8-17)11(2)14(18)16-6-4-13-12(10-16)5-9-19-13/h5,9,11,17H,3-4,6-8,10H2,1-2H3. The number of carbonyl (C=O) groups is 1. The van der Waals surface area contributed by atoms with Crippen molar-refractivity contribution in [2.45, 2.75) is 32.9 Å². The average molecular weight is 282 g/mol. The van der Waals surface area contributed by atoms with Crippen LogP contribution in [-0.4, -0.2) is 53.1 Å². The lowest BCUT2D eigenvalue weighted by Crippen LogP contribution is -2.49. The normalized spacial score (nSPS) is 16.5. The lowest BCUT2D eigenvalue weighted by Gasteiger charge is -2.33. The zero-order valence-corrected chi connectivity index (χ0v) is 12.4. The first-order valence-corrected chi connectivity index (χ1v) is 7.74. The number of amides is 1. The Morgan fingerprint density at radius 2 is 2.42 bits per heavy atom. The highest BCUT2D eigenvalue weighted by atomic mass is 32.1. The molecule has 1 unspecified atom stereocenters. The fourth-order valence-corrected chi connectivity index (χ4v) is 3.50. The van der Waals surface area contributed by atoms with Crippen LogP contribution in [0.4, 0.5) is 0 Å². The van der Waals surface area contributed by atoms with Crippen LogP contribution in [0.5, 0.6) is 0 Å². The zero-order chi connectivity index (χ0) is 13.8. The molecule has 0 aromatic carbocycles. The summed E-state index contributed by atoms with van der Waals surface area (Å²) in [5, 5.41) is 11.1. The number of hydrogen-bond donors (Lipinski definition) is 1. The van der Waals surface area contributed by atoms with Crippen LogP contribution < -0.4 is 0 Å². The predicted molar refractivity (Wildman–Crippen MR) is 77.2 cm³/mol. The van der Waals surface area contributed by atoms with E-state index in [1.165, 1.54) is 10.4 Å².